The summed E-state index contributed by atoms with van der Waals surface area (Å²) in [6.45, 7) is 5.58. The monoisotopic (exact) mass is 268 g/mol. The minimum absolute atomic E-state index is 0.0177. The molecule has 0 atom stereocenters. The van der Waals surface area contributed by atoms with Crippen LogP contribution in [0, 0.1) is 0 Å². The van der Waals surface area contributed by atoms with Crippen LogP contribution in [0.15, 0.2) is 17.5 Å². The number of unbranched alkanes of at least 4 members (excludes halogenated alkanes) is 1. The van der Waals surface area contributed by atoms with Crippen molar-refractivity contribution in [3.8, 4) is 0 Å². The summed E-state index contributed by atoms with van der Waals surface area (Å²) < 4.78 is 0. The molecular formula is C13H20N2O2S. The van der Waals surface area contributed by atoms with Crippen LogP contribution in [0.4, 0.5) is 0 Å². The highest BCUT2D eigenvalue weighted by Crippen LogP contribution is 2.07. The molecule has 0 bridgehead atoms. The second kappa shape index (κ2) is 7.87. The van der Waals surface area contributed by atoms with Gasteiger partial charge in [-0.3, -0.25) is 9.59 Å². The first-order chi connectivity index (χ1) is 8.69. The Labute approximate surface area is 112 Å². The van der Waals surface area contributed by atoms with Gasteiger partial charge in [-0.1, -0.05) is 19.4 Å². The molecule has 0 saturated carbocycles. The summed E-state index contributed by atoms with van der Waals surface area (Å²) in [5, 5.41) is 4.50. The average Bonchev–Trinajstić information content (AvgIpc) is 2.90. The average molecular weight is 268 g/mol. The Morgan fingerprint density at radius 2 is 2.17 bits per heavy atom. The Bertz CT molecular complexity index is 376. The minimum Gasteiger partial charge on any atom is -0.342 e. The van der Waals surface area contributed by atoms with E-state index in [9.17, 15) is 9.59 Å². The predicted octanol–water partition coefficient (Wildman–Crippen LogP) is 2.13. The molecule has 1 heterocycles. The van der Waals surface area contributed by atoms with Crippen molar-refractivity contribution in [1.29, 1.82) is 0 Å². The predicted molar refractivity (Wildman–Crippen MR) is 73.8 cm³/mol. The Balaban J connectivity index is 2.37. The lowest BCUT2D eigenvalue weighted by molar-refractivity contribution is -0.130. The minimum atomic E-state index is -0.176. The molecule has 0 aliphatic heterocycles. The highest BCUT2D eigenvalue weighted by atomic mass is 32.1. The number of hydrogen-bond donors (Lipinski definition) is 1. The second-order valence-corrected chi connectivity index (χ2v) is 4.93. The smallest absolute Gasteiger partial charge is 0.261 e. The lowest BCUT2D eigenvalue weighted by Gasteiger charge is -2.20. The third kappa shape index (κ3) is 4.49. The molecule has 1 rings (SSSR count). The van der Waals surface area contributed by atoms with E-state index in [0.29, 0.717) is 11.4 Å². The largest absolute Gasteiger partial charge is 0.342 e. The summed E-state index contributed by atoms with van der Waals surface area (Å²) in [6, 6.07) is 3.57. The molecule has 5 heteroatoms. The highest BCUT2D eigenvalue weighted by molar-refractivity contribution is 7.12. The van der Waals surface area contributed by atoms with Gasteiger partial charge in [0.25, 0.3) is 5.91 Å². The second-order valence-electron chi connectivity index (χ2n) is 3.99. The van der Waals surface area contributed by atoms with E-state index in [4.69, 9.17) is 0 Å². The van der Waals surface area contributed by atoms with Gasteiger partial charge in [0.2, 0.25) is 5.91 Å². The zero-order valence-corrected chi connectivity index (χ0v) is 11.8. The van der Waals surface area contributed by atoms with Gasteiger partial charge in [-0.15, -0.1) is 11.3 Å². The fraction of sp³-hybridized carbons (Fsp3) is 0.538. The van der Waals surface area contributed by atoms with Crippen LogP contribution >= 0.6 is 11.3 Å². The molecule has 0 unspecified atom stereocenters. The zero-order chi connectivity index (χ0) is 13.4. The fourth-order valence-corrected chi connectivity index (χ4v) is 2.21. The number of thiophene rings is 1. The van der Waals surface area contributed by atoms with Gasteiger partial charge in [0.1, 0.15) is 0 Å². The number of hydrogen-bond acceptors (Lipinski definition) is 3. The van der Waals surface area contributed by atoms with Crippen molar-refractivity contribution in [3.05, 3.63) is 22.4 Å². The van der Waals surface area contributed by atoms with Crippen LogP contribution in [0.1, 0.15) is 36.4 Å². The molecule has 0 spiro atoms. The maximum atomic E-state index is 11.9. The van der Waals surface area contributed by atoms with E-state index in [0.717, 1.165) is 19.4 Å². The molecule has 0 aliphatic rings. The summed E-state index contributed by atoms with van der Waals surface area (Å²) in [4.78, 5) is 25.9. The molecule has 2 amide bonds. The number of nitrogens with one attached hydrogen (secondary N) is 1. The standard InChI is InChI=1S/C13H20N2O2S/c1-3-5-8-15(4-2)12(16)10-14-13(17)11-7-6-9-18-11/h6-7,9H,3-5,8,10H2,1-2H3,(H,14,17). The number of carbonyl (C=O) groups is 2. The van der Waals surface area contributed by atoms with E-state index in [1.54, 1.807) is 11.0 Å². The van der Waals surface area contributed by atoms with Gasteiger partial charge in [-0.25, -0.2) is 0 Å². The number of rotatable bonds is 7. The molecule has 100 valence electrons. The number of carbonyl (C=O) groups excluding carboxylic acids is 2. The molecule has 1 aromatic rings. The Morgan fingerprint density at radius 3 is 2.72 bits per heavy atom. The van der Waals surface area contributed by atoms with Crippen LogP contribution in [0.2, 0.25) is 0 Å². The van der Waals surface area contributed by atoms with E-state index >= 15 is 0 Å². The van der Waals surface area contributed by atoms with Crippen molar-refractivity contribution in [2.75, 3.05) is 19.6 Å². The van der Waals surface area contributed by atoms with Crippen LogP contribution in [0.5, 0.6) is 0 Å². The van der Waals surface area contributed by atoms with Crippen LogP contribution in [0.25, 0.3) is 0 Å². The first-order valence-electron chi connectivity index (χ1n) is 6.28. The summed E-state index contributed by atoms with van der Waals surface area (Å²) in [6.07, 6.45) is 2.06. The summed E-state index contributed by atoms with van der Waals surface area (Å²) in [5.74, 6) is -0.194. The zero-order valence-electron chi connectivity index (χ0n) is 10.9. The van der Waals surface area contributed by atoms with Crippen molar-refractivity contribution in [2.45, 2.75) is 26.7 Å². The van der Waals surface area contributed by atoms with Crippen molar-refractivity contribution < 1.29 is 9.59 Å². The Kier molecular flexibility index (Phi) is 6.43. The van der Waals surface area contributed by atoms with Crippen LogP contribution in [-0.2, 0) is 4.79 Å². The van der Waals surface area contributed by atoms with Gasteiger partial charge in [0.05, 0.1) is 11.4 Å². The van der Waals surface area contributed by atoms with Gasteiger partial charge >= 0.3 is 0 Å². The number of nitrogens with zero attached hydrogens (tertiary/aromatic N) is 1. The van der Waals surface area contributed by atoms with Crippen molar-refractivity contribution >= 4 is 23.2 Å². The third-order valence-electron chi connectivity index (χ3n) is 2.66. The van der Waals surface area contributed by atoms with Crippen molar-refractivity contribution in [2.24, 2.45) is 0 Å². The first-order valence-corrected chi connectivity index (χ1v) is 7.16. The van der Waals surface area contributed by atoms with Crippen LogP contribution in [-0.4, -0.2) is 36.3 Å². The normalized spacial score (nSPS) is 10.1. The van der Waals surface area contributed by atoms with Gasteiger partial charge < -0.3 is 10.2 Å². The van der Waals surface area contributed by atoms with Gasteiger partial charge in [-0.2, -0.15) is 0 Å². The van der Waals surface area contributed by atoms with E-state index in [2.05, 4.69) is 12.2 Å². The SMILES string of the molecule is CCCCN(CC)C(=O)CNC(=O)c1cccs1. The van der Waals surface area contributed by atoms with Gasteiger partial charge in [0, 0.05) is 13.1 Å². The lowest BCUT2D eigenvalue weighted by Crippen LogP contribution is -2.40. The Hall–Kier alpha value is -1.36. The topological polar surface area (TPSA) is 49.4 Å². The summed E-state index contributed by atoms with van der Waals surface area (Å²) in [5.41, 5.74) is 0. The number of amides is 2. The molecule has 0 aromatic carbocycles. The molecular weight excluding hydrogens is 248 g/mol. The van der Waals surface area contributed by atoms with E-state index < -0.39 is 0 Å². The summed E-state index contributed by atoms with van der Waals surface area (Å²) >= 11 is 1.37. The van der Waals surface area contributed by atoms with Crippen LogP contribution < -0.4 is 5.32 Å². The van der Waals surface area contributed by atoms with Crippen LogP contribution in [0.3, 0.4) is 0 Å². The molecule has 18 heavy (non-hydrogen) atoms. The molecule has 1 aromatic heterocycles. The third-order valence-corrected chi connectivity index (χ3v) is 3.53. The molecule has 0 fully saturated rings. The quantitative estimate of drug-likeness (QED) is 0.823. The van der Waals surface area contributed by atoms with E-state index in [-0.39, 0.29) is 18.4 Å². The molecule has 4 nitrogen and oxygen atoms in total. The number of likely N-dealkylation sites (N-methyl/N-ethyl adjacent to an activating group) is 1. The summed E-state index contributed by atoms with van der Waals surface area (Å²) in [7, 11) is 0. The molecule has 0 saturated heterocycles. The molecule has 1 N–H and O–H groups in total. The van der Waals surface area contributed by atoms with E-state index in [1.807, 2.05) is 18.4 Å². The van der Waals surface area contributed by atoms with Gasteiger partial charge in [-0.05, 0) is 24.8 Å². The fourth-order valence-electron chi connectivity index (χ4n) is 1.57. The van der Waals surface area contributed by atoms with Crippen molar-refractivity contribution in [3.63, 3.8) is 0 Å². The first kappa shape index (κ1) is 14.7. The molecule has 0 aliphatic carbocycles. The highest BCUT2D eigenvalue weighted by Gasteiger charge is 2.13. The van der Waals surface area contributed by atoms with Gasteiger partial charge in [0.15, 0.2) is 0 Å². The molecule has 0 radical (unpaired) electrons. The maximum absolute atomic E-state index is 11.9. The van der Waals surface area contributed by atoms with E-state index in [1.165, 1.54) is 11.3 Å². The lowest BCUT2D eigenvalue weighted by atomic mass is 10.3. The maximum Gasteiger partial charge on any atom is 0.261 e. The van der Waals surface area contributed by atoms with Crippen molar-refractivity contribution in [1.82, 2.24) is 10.2 Å². The Morgan fingerprint density at radius 1 is 1.39 bits per heavy atom.